The Morgan fingerprint density at radius 1 is 1.35 bits per heavy atom. The van der Waals surface area contributed by atoms with E-state index >= 15 is 0 Å². The zero-order valence-corrected chi connectivity index (χ0v) is 12.5. The Morgan fingerprint density at radius 2 is 2.20 bits per heavy atom. The Bertz CT molecular complexity index is 519. The largest absolute Gasteiger partial charge is 0.469 e. The van der Waals surface area contributed by atoms with Gasteiger partial charge >= 0.3 is 0 Å². The Morgan fingerprint density at radius 3 is 2.90 bits per heavy atom. The van der Waals surface area contributed by atoms with E-state index in [2.05, 4.69) is 29.3 Å². The molecule has 0 spiro atoms. The lowest BCUT2D eigenvalue weighted by Gasteiger charge is -2.13. The number of nitrogens with one attached hydrogen (secondary N) is 1. The van der Waals surface area contributed by atoms with Crippen LogP contribution in [0.3, 0.4) is 0 Å². The molecule has 2 aromatic heterocycles. The maximum atomic E-state index is 5.36. The Balaban J connectivity index is 1.82. The van der Waals surface area contributed by atoms with Crippen LogP contribution in [0.4, 0.5) is 0 Å². The van der Waals surface area contributed by atoms with Crippen molar-refractivity contribution in [3.05, 3.63) is 41.2 Å². The van der Waals surface area contributed by atoms with Crippen molar-refractivity contribution < 1.29 is 8.94 Å². The molecule has 20 heavy (non-hydrogen) atoms. The van der Waals surface area contributed by atoms with E-state index in [9.17, 15) is 0 Å². The summed E-state index contributed by atoms with van der Waals surface area (Å²) in [6.07, 6.45) is 2.85. The molecule has 2 rings (SSSR count). The zero-order chi connectivity index (χ0) is 14.4. The maximum absolute atomic E-state index is 5.36. The SMILES string of the molecule is CCCNCc1cc(CN(C)Cc2ccoc2C)on1. The van der Waals surface area contributed by atoms with Crippen LogP contribution in [0.15, 0.2) is 27.3 Å². The van der Waals surface area contributed by atoms with Crippen molar-refractivity contribution in [3.63, 3.8) is 0 Å². The minimum atomic E-state index is 0.741. The number of rotatable bonds is 8. The van der Waals surface area contributed by atoms with Crippen LogP contribution < -0.4 is 5.32 Å². The number of hydrogen-bond acceptors (Lipinski definition) is 5. The minimum Gasteiger partial charge on any atom is -0.469 e. The average molecular weight is 277 g/mol. The molecule has 0 radical (unpaired) electrons. The summed E-state index contributed by atoms with van der Waals surface area (Å²) in [6.45, 7) is 7.48. The highest BCUT2D eigenvalue weighted by atomic mass is 16.5. The van der Waals surface area contributed by atoms with Gasteiger partial charge in [0.25, 0.3) is 0 Å². The van der Waals surface area contributed by atoms with Gasteiger partial charge in [-0.1, -0.05) is 12.1 Å². The van der Waals surface area contributed by atoms with Crippen molar-refractivity contribution in [2.45, 2.75) is 39.9 Å². The first-order valence-corrected chi connectivity index (χ1v) is 7.05. The van der Waals surface area contributed by atoms with Crippen LogP contribution in [0, 0.1) is 6.92 Å². The van der Waals surface area contributed by atoms with Crippen molar-refractivity contribution in [2.75, 3.05) is 13.6 Å². The molecule has 0 fully saturated rings. The molecular weight excluding hydrogens is 254 g/mol. The first kappa shape index (κ1) is 14.8. The summed E-state index contributed by atoms with van der Waals surface area (Å²) in [7, 11) is 2.06. The predicted octanol–water partition coefficient (Wildman–Crippen LogP) is 2.71. The molecule has 0 atom stereocenters. The lowest BCUT2D eigenvalue weighted by molar-refractivity contribution is 0.264. The smallest absolute Gasteiger partial charge is 0.151 e. The topological polar surface area (TPSA) is 54.4 Å². The zero-order valence-electron chi connectivity index (χ0n) is 12.5. The number of aromatic nitrogens is 1. The number of nitrogens with zero attached hydrogens (tertiary/aromatic N) is 2. The Kier molecular flexibility index (Phi) is 5.38. The molecule has 2 aromatic rings. The Labute approximate surface area is 119 Å². The van der Waals surface area contributed by atoms with Crippen molar-refractivity contribution in [3.8, 4) is 0 Å². The van der Waals surface area contributed by atoms with Crippen molar-refractivity contribution >= 4 is 0 Å². The third-order valence-electron chi connectivity index (χ3n) is 3.17. The van der Waals surface area contributed by atoms with Crippen LogP contribution in [0.1, 0.15) is 36.1 Å². The van der Waals surface area contributed by atoms with Crippen LogP contribution in [-0.2, 0) is 19.6 Å². The first-order valence-electron chi connectivity index (χ1n) is 7.05. The van der Waals surface area contributed by atoms with Crippen LogP contribution >= 0.6 is 0 Å². The molecule has 0 saturated heterocycles. The molecule has 110 valence electrons. The maximum Gasteiger partial charge on any atom is 0.151 e. The van der Waals surface area contributed by atoms with Gasteiger partial charge in [0, 0.05) is 24.7 Å². The number of furan rings is 1. The quantitative estimate of drug-likeness (QED) is 0.752. The van der Waals surface area contributed by atoms with Gasteiger partial charge in [0.2, 0.25) is 0 Å². The monoisotopic (exact) mass is 277 g/mol. The fourth-order valence-electron chi connectivity index (χ4n) is 2.09. The minimum absolute atomic E-state index is 0.741. The van der Waals surface area contributed by atoms with Crippen LogP contribution in [0.2, 0.25) is 0 Å². The van der Waals surface area contributed by atoms with E-state index in [4.69, 9.17) is 8.94 Å². The van der Waals surface area contributed by atoms with Gasteiger partial charge in [-0.25, -0.2) is 0 Å². The lowest BCUT2D eigenvalue weighted by Crippen LogP contribution is -2.17. The molecule has 2 heterocycles. The van der Waals surface area contributed by atoms with Gasteiger partial charge in [-0.15, -0.1) is 0 Å². The second-order valence-corrected chi connectivity index (χ2v) is 5.14. The van der Waals surface area contributed by atoms with Crippen LogP contribution in [0.5, 0.6) is 0 Å². The van der Waals surface area contributed by atoms with Gasteiger partial charge in [0.1, 0.15) is 5.76 Å². The molecule has 0 aliphatic heterocycles. The molecule has 5 heteroatoms. The molecule has 1 N–H and O–H groups in total. The predicted molar refractivity (Wildman–Crippen MR) is 77.1 cm³/mol. The van der Waals surface area contributed by atoms with Crippen molar-refractivity contribution in [1.29, 1.82) is 0 Å². The van der Waals surface area contributed by atoms with E-state index in [0.29, 0.717) is 0 Å². The molecule has 0 aliphatic carbocycles. The Hall–Kier alpha value is -1.59. The second kappa shape index (κ2) is 7.26. The van der Waals surface area contributed by atoms with Gasteiger partial charge in [0.05, 0.1) is 18.5 Å². The van der Waals surface area contributed by atoms with E-state index in [1.54, 1.807) is 6.26 Å². The summed E-state index contributed by atoms with van der Waals surface area (Å²) in [5, 5.41) is 7.39. The standard InChI is InChI=1S/C15H23N3O2/c1-4-6-16-9-14-8-15(20-17-14)11-18(3)10-13-5-7-19-12(13)2/h5,7-8,16H,4,6,9-11H2,1-3H3. The van der Waals surface area contributed by atoms with Crippen molar-refractivity contribution in [1.82, 2.24) is 15.4 Å². The number of aryl methyl sites for hydroxylation is 1. The molecule has 0 amide bonds. The van der Waals surface area contributed by atoms with Gasteiger partial charge < -0.3 is 14.3 Å². The summed E-state index contributed by atoms with van der Waals surface area (Å²) in [4.78, 5) is 2.18. The van der Waals surface area contributed by atoms with E-state index in [1.807, 2.05) is 19.1 Å². The summed E-state index contributed by atoms with van der Waals surface area (Å²) in [6, 6.07) is 4.02. The van der Waals surface area contributed by atoms with Gasteiger partial charge in [-0.2, -0.15) is 0 Å². The normalized spacial score (nSPS) is 11.4. The van der Waals surface area contributed by atoms with Gasteiger partial charge in [-0.05, 0) is 33.0 Å². The first-order chi connectivity index (χ1) is 9.69. The van der Waals surface area contributed by atoms with Gasteiger partial charge in [0.15, 0.2) is 5.76 Å². The van der Waals surface area contributed by atoms with E-state index in [-0.39, 0.29) is 0 Å². The highest BCUT2D eigenvalue weighted by Gasteiger charge is 2.09. The molecule has 5 nitrogen and oxygen atoms in total. The molecule has 0 unspecified atom stereocenters. The molecule has 0 aromatic carbocycles. The van der Waals surface area contributed by atoms with E-state index in [0.717, 1.165) is 49.8 Å². The van der Waals surface area contributed by atoms with Gasteiger partial charge in [-0.3, -0.25) is 4.90 Å². The summed E-state index contributed by atoms with van der Waals surface area (Å²) in [5.41, 5.74) is 2.16. The summed E-state index contributed by atoms with van der Waals surface area (Å²) < 4.78 is 10.7. The van der Waals surface area contributed by atoms with Crippen LogP contribution in [-0.4, -0.2) is 23.6 Å². The molecular formula is C15H23N3O2. The fourth-order valence-corrected chi connectivity index (χ4v) is 2.09. The highest BCUT2D eigenvalue weighted by Crippen LogP contribution is 2.13. The lowest BCUT2D eigenvalue weighted by atomic mass is 10.2. The fraction of sp³-hybridized carbons (Fsp3) is 0.533. The highest BCUT2D eigenvalue weighted by molar-refractivity contribution is 5.15. The van der Waals surface area contributed by atoms with E-state index in [1.165, 1.54) is 5.56 Å². The molecule has 0 bridgehead atoms. The van der Waals surface area contributed by atoms with E-state index < -0.39 is 0 Å². The summed E-state index contributed by atoms with van der Waals surface area (Å²) in [5.74, 6) is 1.86. The van der Waals surface area contributed by atoms with Crippen molar-refractivity contribution in [2.24, 2.45) is 0 Å². The van der Waals surface area contributed by atoms with Crippen LogP contribution in [0.25, 0.3) is 0 Å². The third-order valence-corrected chi connectivity index (χ3v) is 3.17. The molecule has 0 saturated carbocycles. The average Bonchev–Trinajstić information content (AvgIpc) is 3.00. The second-order valence-electron chi connectivity index (χ2n) is 5.14. The molecule has 0 aliphatic rings. The number of hydrogen-bond donors (Lipinski definition) is 1. The third kappa shape index (κ3) is 4.21. The summed E-state index contributed by atoms with van der Waals surface area (Å²) >= 11 is 0.